The van der Waals surface area contributed by atoms with Gasteiger partial charge in [-0.1, -0.05) is 18.2 Å². The average Bonchev–Trinajstić information content (AvgIpc) is 2.94. The fraction of sp³-hybridized carbons (Fsp3) is 0.500. The quantitative estimate of drug-likeness (QED) is 0.834. The van der Waals surface area contributed by atoms with Gasteiger partial charge >= 0.3 is 0 Å². The molecule has 0 amide bonds. The molecule has 0 radical (unpaired) electrons. The number of fused-ring (bicyclic) bond motifs is 1. The molecule has 1 aromatic carbocycles. The van der Waals surface area contributed by atoms with Gasteiger partial charge in [0.25, 0.3) is 0 Å². The standard InChI is InChI=1S/C14H15NO4S/c15-9-13(5-7-19-10-13)14(16)6-8-20(17,18)12-4-2-1-3-11(12)14/h1-4,16H,5-8,10H2. The molecule has 0 aromatic heterocycles. The third kappa shape index (κ3) is 1.64. The highest BCUT2D eigenvalue weighted by molar-refractivity contribution is 7.91. The molecule has 1 N–H and O–H groups in total. The molecule has 1 fully saturated rings. The maximum absolute atomic E-state index is 12.1. The van der Waals surface area contributed by atoms with Gasteiger partial charge < -0.3 is 9.84 Å². The van der Waals surface area contributed by atoms with Crippen molar-refractivity contribution < 1.29 is 18.3 Å². The fourth-order valence-corrected chi connectivity index (χ4v) is 4.82. The molecule has 2 unspecified atom stereocenters. The normalized spacial score (nSPS) is 35.2. The lowest BCUT2D eigenvalue weighted by Gasteiger charge is -2.43. The van der Waals surface area contributed by atoms with Gasteiger partial charge in [-0.25, -0.2) is 8.42 Å². The number of nitriles is 1. The Morgan fingerprint density at radius 2 is 2.05 bits per heavy atom. The van der Waals surface area contributed by atoms with E-state index in [4.69, 9.17) is 4.74 Å². The Bertz CT molecular complexity index is 685. The molecular weight excluding hydrogens is 278 g/mol. The summed E-state index contributed by atoms with van der Waals surface area (Å²) in [5.41, 5.74) is -2.21. The summed E-state index contributed by atoms with van der Waals surface area (Å²) in [6.45, 7) is 0.541. The summed E-state index contributed by atoms with van der Waals surface area (Å²) in [6.07, 6.45) is 0.442. The Morgan fingerprint density at radius 1 is 1.30 bits per heavy atom. The van der Waals surface area contributed by atoms with Crippen LogP contribution in [0.5, 0.6) is 0 Å². The van der Waals surface area contributed by atoms with Crippen LogP contribution >= 0.6 is 0 Å². The summed E-state index contributed by atoms with van der Waals surface area (Å²) in [6, 6.07) is 8.60. The molecule has 0 spiro atoms. The van der Waals surface area contributed by atoms with Gasteiger partial charge in [0.15, 0.2) is 9.84 Å². The van der Waals surface area contributed by atoms with Crippen molar-refractivity contribution in [2.75, 3.05) is 19.0 Å². The fourth-order valence-electron chi connectivity index (χ4n) is 3.18. The van der Waals surface area contributed by atoms with E-state index in [9.17, 15) is 18.8 Å². The van der Waals surface area contributed by atoms with Crippen molar-refractivity contribution in [1.82, 2.24) is 0 Å². The highest BCUT2D eigenvalue weighted by Crippen LogP contribution is 2.51. The highest BCUT2D eigenvalue weighted by Gasteiger charge is 2.57. The predicted molar refractivity (Wildman–Crippen MR) is 70.5 cm³/mol. The molecule has 0 saturated carbocycles. The van der Waals surface area contributed by atoms with Crippen LogP contribution in [0.25, 0.3) is 0 Å². The second-order valence-electron chi connectivity index (χ2n) is 5.42. The number of ether oxygens (including phenoxy) is 1. The first-order chi connectivity index (χ1) is 9.45. The van der Waals surface area contributed by atoms with Gasteiger partial charge in [0.2, 0.25) is 0 Å². The first kappa shape index (κ1) is 13.6. The largest absolute Gasteiger partial charge is 0.383 e. The second-order valence-corrected chi connectivity index (χ2v) is 7.50. The zero-order valence-corrected chi connectivity index (χ0v) is 11.7. The van der Waals surface area contributed by atoms with Gasteiger partial charge in [0.05, 0.1) is 23.3 Å². The summed E-state index contributed by atoms with van der Waals surface area (Å²) in [4.78, 5) is 0.135. The third-order valence-corrected chi connectivity index (χ3v) is 6.20. The van der Waals surface area contributed by atoms with Crippen LogP contribution in [-0.2, 0) is 20.2 Å². The minimum atomic E-state index is -3.39. The van der Waals surface area contributed by atoms with Gasteiger partial charge in [0, 0.05) is 12.2 Å². The van der Waals surface area contributed by atoms with E-state index >= 15 is 0 Å². The van der Waals surface area contributed by atoms with E-state index in [1.54, 1.807) is 18.2 Å². The van der Waals surface area contributed by atoms with Crippen molar-refractivity contribution in [1.29, 1.82) is 5.26 Å². The van der Waals surface area contributed by atoms with Crippen LogP contribution in [0.2, 0.25) is 0 Å². The Kier molecular flexibility index (Phi) is 2.91. The summed E-state index contributed by atoms with van der Waals surface area (Å²) in [5.74, 6) is -0.149. The first-order valence-corrected chi connectivity index (χ1v) is 8.14. The van der Waals surface area contributed by atoms with Crippen LogP contribution in [0.4, 0.5) is 0 Å². The van der Waals surface area contributed by atoms with Crippen molar-refractivity contribution in [3.63, 3.8) is 0 Å². The first-order valence-electron chi connectivity index (χ1n) is 6.49. The van der Waals surface area contributed by atoms with E-state index in [2.05, 4.69) is 6.07 Å². The van der Waals surface area contributed by atoms with Gasteiger partial charge in [-0.05, 0) is 18.9 Å². The predicted octanol–water partition coefficient (Wildman–Crippen LogP) is 0.982. The zero-order chi connectivity index (χ0) is 14.4. The van der Waals surface area contributed by atoms with E-state index in [0.717, 1.165) is 0 Å². The van der Waals surface area contributed by atoms with Gasteiger partial charge in [-0.2, -0.15) is 5.26 Å². The van der Waals surface area contributed by atoms with Crippen LogP contribution < -0.4 is 0 Å². The van der Waals surface area contributed by atoms with E-state index in [0.29, 0.717) is 18.6 Å². The van der Waals surface area contributed by atoms with Crippen LogP contribution in [0.1, 0.15) is 18.4 Å². The summed E-state index contributed by atoms with van der Waals surface area (Å²) >= 11 is 0. The minimum absolute atomic E-state index is 0.0310. The minimum Gasteiger partial charge on any atom is -0.383 e. The SMILES string of the molecule is N#CC1(C2(O)CCS(=O)(=O)c3ccccc32)CCOC1. The maximum atomic E-state index is 12.1. The average molecular weight is 293 g/mol. The van der Waals surface area contributed by atoms with E-state index < -0.39 is 20.9 Å². The number of aliphatic hydroxyl groups is 1. The van der Waals surface area contributed by atoms with E-state index in [1.165, 1.54) is 6.07 Å². The molecule has 2 aliphatic heterocycles. The van der Waals surface area contributed by atoms with E-state index in [1.807, 2.05) is 0 Å². The van der Waals surface area contributed by atoms with Crippen molar-refractivity contribution >= 4 is 9.84 Å². The van der Waals surface area contributed by atoms with Crippen molar-refractivity contribution in [2.45, 2.75) is 23.3 Å². The van der Waals surface area contributed by atoms with Crippen LogP contribution in [0.15, 0.2) is 29.2 Å². The lowest BCUT2D eigenvalue weighted by molar-refractivity contribution is -0.0707. The van der Waals surface area contributed by atoms with Gasteiger partial charge in [-0.15, -0.1) is 0 Å². The number of sulfone groups is 1. The Hall–Kier alpha value is -1.42. The molecule has 106 valence electrons. The molecular formula is C14H15NO4S. The topological polar surface area (TPSA) is 87.4 Å². The number of nitrogens with zero attached hydrogens (tertiary/aromatic N) is 1. The second kappa shape index (κ2) is 4.29. The molecule has 2 aliphatic rings. The molecule has 5 nitrogen and oxygen atoms in total. The van der Waals surface area contributed by atoms with Gasteiger partial charge in [-0.3, -0.25) is 0 Å². The molecule has 1 saturated heterocycles. The van der Waals surface area contributed by atoms with Crippen LogP contribution in [0.3, 0.4) is 0 Å². The zero-order valence-electron chi connectivity index (χ0n) is 10.9. The van der Waals surface area contributed by atoms with Crippen molar-refractivity contribution in [2.24, 2.45) is 5.41 Å². The molecule has 0 bridgehead atoms. The number of hydrogen-bond donors (Lipinski definition) is 1. The number of hydrogen-bond acceptors (Lipinski definition) is 5. The lowest BCUT2D eigenvalue weighted by atomic mass is 9.67. The molecule has 2 heterocycles. The van der Waals surface area contributed by atoms with Gasteiger partial charge in [0.1, 0.15) is 11.0 Å². The summed E-state index contributed by atoms with van der Waals surface area (Å²) < 4.78 is 29.6. The summed E-state index contributed by atoms with van der Waals surface area (Å²) in [7, 11) is -3.39. The monoisotopic (exact) mass is 293 g/mol. The Labute approximate surface area is 117 Å². The van der Waals surface area contributed by atoms with Crippen molar-refractivity contribution in [3.8, 4) is 6.07 Å². The Morgan fingerprint density at radius 3 is 2.70 bits per heavy atom. The van der Waals surface area contributed by atoms with E-state index in [-0.39, 0.29) is 23.7 Å². The third-order valence-electron chi connectivity index (χ3n) is 4.43. The maximum Gasteiger partial charge on any atom is 0.178 e. The molecule has 20 heavy (non-hydrogen) atoms. The number of benzene rings is 1. The highest BCUT2D eigenvalue weighted by atomic mass is 32.2. The summed E-state index contributed by atoms with van der Waals surface area (Å²) in [5, 5.41) is 20.7. The van der Waals surface area contributed by atoms with Crippen LogP contribution in [0, 0.1) is 16.7 Å². The molecule has 0 aliphatic carbocycles. The molecule has 3 rings (SSSR count). The van der Waals surface area contributed by atoms with Crippen LogP contribution in [-0.4, -0.2) is 32.5 Å². The number of rotatable bonds is 1. The molecule has 6 heteroatoms. The molecule has 2 atom stereocenters. The smallest absolute Gasteiger partial charge is 0.178 e. The van der Waals surface area contributed by atoms with Crippen molar-refractivity contribution in [3.05, 3.63) is 29.8 Å². The lowest BCUT2D eigenvalue weighted by Crippen LogP contribution is -2.49. The Balaban J connectivity index is 2.24. The molecule has 1 aromatic rings.